The second-order valence-corrected chi connectivity index (χ2v) is 4.08. The standard InChI is InChI=1S/C9H12O.C6H6O.C2H6/c1-7(2)8-3-5-9(10)6-4-8;7-6-4-2-1-3-5-6;1-2/h3-7,10H,1-2H3;1-5,7H;1-2H3. The van der Waals surface area contributed by atoms with Gasteiger partial charge in [-0.2, -0.15) is 0 Å². The first-order chi connectivity index (χ1) is 9.09. The minimum Gasteiger partial charge on any atom is -0.508 e. The molecule has 0 aliphatic heterocycles. The zero-order valence-corrected chi connectivity index (χ0v) is 12.2. The van der Waals surface area contributed by atoms with Gasteiger partial charge in [0.2, 0.25) is 0 Å². The smallest absolute Gasteiger partial charge is 0.115 e. The van der Waals surface area contributed by atoms with Gasteiger partial charge < -0.3 is 10.2 Å². The highest BCUT2D eigenvalue weighted by atomic mass is 16.3. The predicted octanol–water partition coefficient (Wildman–Crippen LogP) is 4.93. The molecule has 0 saturated heterocycles. The van der Waals surface area contributed by atoms with E-state index in [4.69, 9.17) is 10.2 Å². The molecule has 104 valence electrons. The Morgan fingerprint density at radius 1 is 0.684 bits per heavy atom. The minimum absolute atomic E-state index is 0.322. The van der Waals surface area contributed by atoms with Crippen LogP contribution in [0.2, 0.25) is 0 Å². The molecule has 2 rings (SSSR count). The lowest BCUT2D eigenvalue weighted by Crippen LogP contribution is -1.84. The van der Waals surface area contributed by atoms with Crippen molar-refractivity contribution < 1.29 is 10.2 Å². The number of aromatic hydroxyl groups is 2. The number of phenolic OH excluding ortho intramolecular Hbond substituents is 2. The molecule has 2 aromatic carbocycles. The summed E-state index contributed by atoms with van der Waals surface area (Å²) < 4.78 is 0. The highest BCUT2D eigenvalue weighted by Gasteiger charge is 1.96. The van der Waals surface area contributed by atoms with Crippen molar-refractivity contribution in [1.82, 2.24) is 0 Å². The van der Waals surface area contributed by atoms with Crippen LogP contribution in [0.3, 0.4) is 0 Å². The molecule has 0 amide bonds. The molecule has 0 aliphatic rings. The van der Waals surface area contributed by atoms with Gasteiger partial charge in [0, 0.05) is 0 Å². The van der Waals surface area contributed by atoms with Gasteiger partial charge in [0.1, 0.15) is 11.5 Å². The van der Waals surface area contributed by atoms with Gasteiger partial charge in [-0.25, -0.2) is 0 Å². The summed E-state index contributed by atoms with van der Waals surface area (Å²) in [5.41, 5.74) is 1.26. The van der Waals surface area contributed by atoms with E-state index in [0.29, 0.717) is 17.4 Å². The molecular weight excluding hydrogens is 236 g/mol. The van der Waals surface area contributed by atoms with Gasteiger partial charge in [-0.3, -0.25) is 0 Å². The first-order valence-electron chi connectivity index (χ1n) is 6.62. The Hall–Kier alpha value is -1.96. The Labute approximate surface area is 116 Å². The van der Waals surface area contributed by atoms with Gasteiger partial charge in [0.05, 0.1) is 0 Å². The molecule has 0 bridgehead atoms. The number of phenols is 2. The van der Waals surface area contributed by atoms with E-state index < -0.39 is 0 Å². The van der Waals surface area contributed by atoms with Crippen molar-refractivity contribution in [3.05, 3.63) is 60.2 Å². The first kappa shape index (κ1) is 17.0. The van der Waals surface area contributed by atoms with Crippen LogP contribution in [0.4, 0.5) is 0 Å². The van der Waals surface area contributed by atoms with Crippen molar-refractivity contribution in [2.75, 3.05) is 0 Å². The van der Waals surface area contributed by atoms with E-state index in [1.54, 1.807) is 36.4 Å². The number of benzene rings is 2. The van der Waals surface area contributed by atoms with Crippen LogP contribution in [0.15, 0.2) is 54.6 Å². The van der Waals surface area contributed by atoms with Crippen molar-refractivity contribution in [2.24, 2.45) is 0 Å². The molecule has 0 spiro atoms. The molecule has 0 aliphatic carbocycles. The maximum atomic E-state index is 8.94. The third kappa shape index (κ3) is 7.87. The molecule has 0 atom stereocenters. The fraction of sp³-hybridized carbons (Fsp3) is 0.294. The van der Waals surface area contributed by atoms with Gasteiger partial charge in [-0.05, 0) is 35.7 Å². The lowest BCUT2D eigenvalue weighted by Gasteiger charge is -2.03. The van der Waals surface area contributed by atoms with Crippen LogP contribution >= 0.6 is 0 Å². The van der Waals surface area contributed by atoms with Crippen LogP contribution in [0.5, 0.6) is 11.5 Å². The van der Waals surface area contributed by atoms with Crippen molar-refractivity contribution in [3.63, 3.8) is 0 Å². The van der Waals surface area contributed by atoms with Crippen molar-refractivity contribution in [3.8, 4) is 11.5 Å². The minimum atomic E-state index is 0.322. The van der Waals surface area contributed by atoms with Gasteiger partial charge in [-0.1, -0.05) is 58.0 Å². The Morgan fingerprint density at radius 2 is 1.11 bits per heavy atom. The number of hydrogen-bond acceptors (Lipinski definition) is 2. The van der Waals surface area contributed by atoms with E-state index in [0.717, 1.165) is 0 Å². The monoisotopic (exact) mass is 260 g/mol. The van der Waals surface area contributed by atoms with Crippen LogP contribution in [-0.4, -0.2) is 10.2 Å². The molecular formula is C17H24O2. The second kappa shape index (κ2) is 10.0. The van der Waals surface area contributed by atoms with Crippen LogP contribution in [-0.2, 0) is 0 Å². The quantitative estimate of drug-likeness (QED) is 0.763. The Bertz CT molecular complexity index is 419. The highest BCUT2D eigenvalue weighted by molar-refractivity contribution is 5.27. The molecule has 0 saturated carbocycles. The van der Waals surface area contributed by atoms with E-state index >= 15 is 0 Å². The van der Waals surface area contributed by atoms with E-state index in [-0.39, 0.29) is 0 Å². The zero-order chi connectivity index (χ0) is 14.7. The van der Waals surface area contributed by atoms with Crippen molar-refractivity contribution in [2.45, 2.75) is 33.6 Å². The molecule has 2 aromatic rings. The van der Waals surface area contributed by atoms with Crippen molar-refractivity contribution in [1.29, 1.82) is 0 Å². The average molecular weight is 260 g/mol. The van der Waals surface area contributed by atoms with Gasteiger partial charge in [0.15, 0.2) is 0 Å². The van der Waals surface area contributed by atoms with Crippen LogP contribution in [0.1, 0.15) is 39.2 Å². The summed E-state index contributed by atoms with van der Waals surface area (Å²) in [6.45, 7) is 8.26. The first-order valence-corrected chi connectivity index (χ1v) is 6.62. The number of para-hydroxylation sites is 1. The zero-order valence-electron chi connectivity index (χ0n) is 12.2. The fourth-order valence-corrected chi connectivity index (χ4v) is 1.29. The van der Waals surface area contributed by atoms with E-state index in [1.165, 1.54) is 5.56 Å². The van der Waals surface area contributed by atoms with Gasteiger partial charge in [0.25, 0.3) is 0 Å². The Balaban J connectivity index is 0.000000316. The summed E-state index contributed by atoms with van der Waals surface area (Å²) in [5, 5.41) is 17.6. The molecule has 0 radical (unpaired) electrons. The van der Waals surface area contributed by atoms with E-state index in [9.17, 15) is 0 Å². The predicted molar refractivity (Wildman–Crippen MR) is 81.7 cm³/mol. The summed E-state index contributed by atoms with van der Waals surface area (Å²) in [5.74, 6) is 1.20. The van der Waals surface area contributed by atoms with E-state index in [2.05, 4.69) is 13.8 Å². The second-order valence-electron chi connectivity index (χ2n) is 4.08. The largest absolute Gasteiger partial charge is 0.508 e. The Kier molecular flexibility index (Phi) is 8.98. The summed E-state index contributed by atoms with van der Waals surface area (Å²) in [4.78, 5) is 0. The van der Waals surface area contributed by atoms with Crippen LogP contribution < -0.4 is 0 Å². The SMILES string of the molecule is CC.CC(C)c1ccc(O)cc1.Oc1ccccc1. The summed E-state index contributed by atoms with van der Waals surface area (Å²) in [7, 11) is 0. The summed E-state index contributed by atoms with van der Waals surface area (Å²) in [6, 6.07) is 16.0. The number of hydrogen-bond donors (Lipinski definition) is 2. The molecule has 2 N–H and O–H groups in total. The van der Waals surface area contributed by atoms with Gasteiger partial charge >= 0.3 is 0 Å². The maximum Gasteiger partial charge on any atom is 0.115 e. The molecule has 2 heteroatoms. The third-order valence-electron chi connectivity index (χ3n) is 2.32. The molecule has 0 aromatic heterocycles. The maximum absolute atomic E-state index is 8.94. The average Bonchev–Trinajstić information content (AvgIpc) is 2.43. The summed E-state index contributed by atoms with van der Waals surface area (Å²) in [6.07, 6.45) is 0. The van der Waals surface area contributed by atoms with Crippen LogP contribution in [0, 0.1) is 0 Å². The summed E-state index contributed by atoms with van der Waals surface area (Å²) >= 11 is 0. The van der Waals surface area contributed by atoms with Crippen molar-refractivity contribution >= 4 is 0 Å². The Morgan fingerprint density at radius 3 is 1.42 bits per heavy atom. The lowest BCUT2D eigenvalue weighted by atomic mass is 10.0. The van der Waals surface area contributed by atoms with E-state index in [1.807, 2.05) is 32.0 Å². The van der Waals surface area contributed by atoms with Gasteiger partial charge in [-0.15, -0.1) is 0 Å². The lowest BCUT2D eigenvalue weighted by molar-refractivity contribution is 0.474. The molecule has 0 fully saturated rings. The normalized spacial score (nSPS) is 8.89. The molecule has 0 unspecified atom stereocenters. The topological polar surface area (TPSA) is 40.5 Å². The molecule has 2 nitrogen and oxygen atoms in total. The molecule has 19 heavy (non-hydrogen) atoms. The van der Waals surface area contributed by atoms with Crippen LogP contribution in [0.25, 0.3) is 0 Å². The fourth-order valence-electron chi connectivity index (χ4n) is 1.29. The highest BCUT2D eigenvalue weighted by Crippen LogP contribution is 2.16. The molecule has 0 heterocycles. The number of rotatable bonds is 1. The third-order valence-corrected chi connectivity index (χ3v) is 2.32.